The third-order valence-electron chi connectivity index (χ3n) is 2.54. The smallest absolute Gasteiger partial charge is 0.265 e. The molecule has 2 rings (SSSR count). The van der Waals surface area contributed by atoms with E-state index in [1.807, 2.05) is 6.07 Å². The maximum absolute atomic E-state index is 12.3. The van der Waals surface area contributed by atoms with Crippen LogP contribution in [0.1, 0.15) is 5.56 Å². The number of nitrogen functional groups attached to an aromatic ring is 1. The summed E-state index contributed by atoms with van der Waals surface area (Å²) in [5.74, 6) is 5.26. The zero-order valence-electron chi connectivity index (χ0n) is 10.5. The lowest BCUT2D eigenvalue weighted by molar-refractivity contribution is 0.601. The van der Waals surface area contributed by atoms with Crippen molar-refractivity contribution in [3.05, 3.63) is 47.1 Å². The molecule has 0 saturated carbocycles. The Bertz CT molecular complexity index is 817. The molecular formula is C12H10ClN5O2S. The minimum atomic E-state index is -3.89. The number of hydrogen-bond acceptors (Lipinski definition) is 6. The molecule has 0 saturated heterocycles. The van der Waals surface area contributed by atoms with Crippen LogP contribution in [0.3, 0.4) is 0 Å². The fourth-order valence-corrected chi connectivity index (χ4v) is 2.99. The quantitative estimate of drug-likeness (QED) is 0.581. The van der Waals surface area contributed by atoms with Gasteiger partial charge in [0.25, 0.3) is 10.0 Å². The van der Waals surface area contributed by atoms with Crippen molar-refractivity contribution in [1.29, 1.82) is 5.26 Å². The van der Waals surface area contributed by atoms with Gasteiger partial charge in [-0.15, -0.1) is 0 Å². The average Bonchev–Trinajstić information content (AvgIpc) is 2.47. The number of pyridine rings is 1. The highest BCUT2D eigenvalue weighted by atomic mass is 35.5. The van der Waals surface area contributed by atoms with E-state index in [1.165, 1.54) is 36.5 Å². The second-order valence-electron chi connectivity index (χ2n) is 3.91. The molecule has 21 heavy (non-hydrogen) atoms. The van der Waals surface area contributed by atoms with Crippen LogP contribution in [0.4, 0.5) is 11.5 Å². The number of halogens is 1. The topological polar surface area (TPSA) is 121 Å². The van der Waals surface area contributed by atoms with Crippen molar-refractivity contribution in [2.75, 3.05) is 10.1 Å². The van der Waals surface area contributed by atoms with Crippen molar-refractivity contribution in [3.8, 4) is 6.07 Å². The predicted octanol–water partition coefficient (Wildman–Crippen LogP) is 1.69. The normalized spacial score (nSPS) is 10.7. The number of hydrazine groups is 1. The van der Waals surface area contributed by atoms with Gasteiger partial charge in [0.15, 0.2) is 5.82 Å². The first-order chi connectivity index (χ1) is 9.97. The highest BCUT2D eigenvalue weighted by Gasteiger charge is 2.19. The van der Waals surface area contributed by atoms with E-state index in [0.717, 1.165) is 0 Å². The summed E-state index contributed by atoms with van der Waals surface area (Å²) in [5, 5.41) is 8.94. The molecule has 1 aromatic carbocycles. The number of rotatable bonds is 4. The lowest BCUT2D eigenvalue weighted by Gasteiger charge is -2.11. The molecule has 9 heteroatoms. The van der Waals surface area contributed by atoms with Crippen molar-refractivity contribution in [2.45, 2.75) is 4.90 Å². The number of aromatic nitrogens is 1. The zero-order chi connectivity index (χ0) is 15.5. The Hall–Kier alpha value is -2.34. The Morgan fingerprint density at radius 1 is 1.33 bits per heavy atom. The highest BCUT2D eigenvalue weighted by Crippen LogP contribution is 2.24. The van der Waals surface area contributed by atoms with Gasteiger partial charge in [0, 0.05) is 6.20 Å². The molecule has 0 radical (unpaired) electrons. The fraction of sp³-hybridized carbons (Fsp3) is 0. The number of nitrogens with zero attached hydrogens (tertiary/aromatic N) is 2. The third kappa shape index (κ3) is 3.22. The van der Waals surface area contributed by atoms with Crippen LogP contribution >= 0.6 is 11.6 Å². The van der Waals surface area contributed by atoms with Crippen LogP contribution in [0, 0.1) is 11.3 Å². The van der Waals surface area contributed by atoms with Crippen LogP contribution in [-0.4, -0.2) is 13.4 Å². The standard InChI is InChI=1S/C12H10ClN5O2S/c13-10-6-9(4-3-8(10)7-14)18-21(19,20)11-2-1-5-16-12(11)17-15/h1-6,18H,15H2,(H,16,17). The maximum Gasteiger partial charge on any atom is 0.265 e. The van der Waals surface area contributed by atoms with Crippen LogP contribution in [0.25, 0.3) is 0 Å². The van der Waals surface area contributed by atoms with Crippen molar-refractivity contribution in [3.63, 3.8) is 0 Å². The van der Waals surface area contributed by atoms with Crippen molar-refractivity contribution in [2.24, 2.45) is 5.84 Å². The Balaban J connectivity index is 2.38. The largest absolute Gasteiger partial charge is 0.307 e. The number of nitriles is 1. The molecule has 0 aliphatic rings. The van der Waals surface area contributed by atoms with Gasteiger partial charge in [0.2, 0.25) is 0 Å². The van der Waals surface area contributed by atoms with E-state index >= 15 is 0 Å². The molecule has 108 valence electrons. The molecule has 1 heterocycles. The van der Waals surface area contributed by atoms with Gasteiger partial charge in [0.05, 0.1) is 16.3 Å². The maximum atomic E-state index is 12.3. The van der Waals surface area contributed by atoms with E-state index in [4.69, 9.17) is 22.7 Å². The number of hydrogen-bond donors (Lipinski definition) is 3. The summed E-state index contributed by atoms with van der Waals surface area (Å²) in [6, 6.07) is 8.93. The van der Waals surface area contributed by atoms with Crippen LogP contribution < -0.4 is 16.0 Å². The van der Waals surface area contributed by atoms with E-state index in [1.54, 1.807) is 0 Å². The summed E-state index contributed by atoms with van der Waals surface area (Å²) in [7, 11) is -3.89. The van der Waals surface area contributed by atoms with Crippen LogP contribution in [0.2, 0.25) is 5.02 Å². The van der Waals surface area contributed by atoms with Crippen molar-refractivity contribution < 1.29 is 8.42 Å². The first-order valence-electron chi connectivity index (χ1n) is 5.62. The number of benzene rings is 1. The minimum absolute atomic E-state index is 0.0183. The molecule has 0 amide bonds. The van der Waals surface area contributed by atoms with E-state index in [0.29, 0.717) is 0 Å². The molecule has 0 unspecified atom stereocenters. The summed E-state index contributed by atoms with van der Waals surface area (Å²) in [6.07, 6.45) is 1.41. The lowest BCUT2D eigenvalue weighted by atomic mass is 10.2. The second kappa shape index (κ2) is 5.97. The first-order valence-corrected chi connectivity index (χ1v) is 7.48. The Kier molecular flexibility index (Phi) is 4.28. The van der Waals surface area contributed by atoms with Gasteiger partial charge in [-0.05, 0) is 30.3 Å². The van der Waals surface area contributed by atoms with Gasteiger partial charge in [-0.2, -0.15) is 5.26 Å². The monoisotopic (exact) mass is 323 g/mol. The summed E-state index contributed by atoms with van der Waals surface area (Å²) in [4.78, 5) is 3.72. The van der Waals surface area contributed by atoms with Gasteiger partial charge in [-0.1, -0.05) is 11.6 Å². The molecule has 0 aliphatic carbocycles. The molecule has 1 aromatic heterocycles. The molecule has 0 aliphatic heterocycles. The summed E-state index contributed by atoms with van der Waals surface area (Å²) in [6.45, 7) is 0. The van der Waals surface area contributed by atoms with Gasteiger partial charge < -0.3 is 5.43 Å². The van der Waals surface area contributed by atoms with E-state index in [2.05, 4.69) is 15.1 Å². The van der Waals surface area contributed by atoms with Crippen LogP contribution in [-0.2, 0) is 10.0 Å². The van der Waals surface area contributed by atoms with E-state index < -0.39 is 10.0 Å². The SMILES string of the molecule is N#Cc1ccc(NS(=O)(=O)c2cccnc2NN)cc1Cl. The molecule has 4 N–H and O–H groups in total. The molecular weight excluding hydrogens is 314 g/mol. The molecule has 0 bridgehead atoms. The van der Waals surface area contributed by atoms with E-state index in [-0.39, 0.29) is 27.0 Å². The zero-order valence-corrected chi connectivity index (χ0v) is 12.1. The van der Waals surface area contributed by atoms with Gasteiger partial charge in [0.1, 0.15) is 11.0 Å². The van der Waals surface area contributed by atoms with Gasteiger partial charge >= 0.3 is 0 Å². The molecule has 0 spiro atoms. The molecule has 0 atom stereocenters. The lowest BCUT2D eigenvalue weighted by Crippen LogP contribution is -2.18. The summed E-state index contributed by atoms with van der Waals surface area (Å²) in [5.41, 5.74) is 2.70. The fourth-order valence-electron chi connectivity index (χ4n) is 1.60. The minimum Gasteiger partial charge on any atom is -0.307 e. The van der Waals surface area contributed by atoms with Crippen molar-refractivity contribution >= 4 is 33.1 Å². The van der Waals surface area contributed by atoms with Gasteiger partial charge in [-0.25, -0.2) is 19.2 Å². The van der Waals surface area contributed by atoms with E-state index in [9.17, 15) is 8.42 Å². The molecule has 2 aromatic rings. The molecule has 7 nitrogen and oxygen atoms in total. The number of anilines is 2. The number of sulfonamides is 1. The first kappa shape index (κ1) is 15.1. The van der Waals surface area contributed by atoms with Crippen LogP contribution in [0.5, 0.6) is 0 Å². The Morgan fingerprint density at radius 3 is 2.71 bits per heavy atom. The van der Waals surface area contributed by atoms with Crippen molar-refractivity contribution in [1.82, 2.24) is 4.98 Å². The Morgan fingerprint density at radius 2 is 2.10 bits per heavy atom. The number of nitrogens with one attached hydrogen (secondary N) is 2. The summed E-state index contributed by atoms with van der Waals surface area (Å²) >= 11 is 5.86. The van der Waals surface area contributed by atoms with Gasteiger partial charge in [-0.3, -0.25) is 4.72 Å². The average molecular weight is 324 g/mol. The highest BCUT2D eigenvalue weighted by molar-refractivity contribution is 7.92. The predicted molar refractivity (Wildman–Crippen MR) is 79.0 cm³/mol. The summed E-state index contributed by atoms with van der Waals surface area (Å²) < 4.78 is 26.9. The van der Waals surface area contributed by atoms with Crippen LogP contribution in [0.15, 0.2) is 41.4 Å². The Labute approximate surface area is 126 Å². The number of nitrogens with two attached hydrogens (primary N) is 1. The molecule has 0 fully saturated rings. The third-order valence-corrected chi connectivity index (χ3v) is 4.26. The second-order valence-corrected chi connectivity index (χ2v) is 5.96.